The maximum absolute atomic E-state index is 13.2. The molecule has 8 heteroatoms. The zero-order chi connectivity index (χ0) is 25.2. The van der Waals surface area contributed by atoms with E-state index in [1.165, 1.54) is 0 Å². The molecule has 0 unspecified atom stereocenters. The molecular formula is C27H32N4O3S. The van der Waals surface area contributed by atoms with E-state index in [9.17, 15) is 13.2 Å². The monoisotopic (exact) mass is 492 g/mol. The lowest BCUT2D eigenvalue weighted by Gasteiger charge is -2.35. The van der Waals surface area contributed by atoms with Crippen LogP contribution in [0.1, 0.15) is 42.3 Å². The van der Waals surface area contributed by atoms with Crippen molar-refractivity contribution in [1.82, 2.24) is 9.88 Å². The van der Waals surface area contributed by atoms with E-state index in [1.807, 2.05) is 51.1 Å². The van der Waals surface area contributed by atoms with Gasteiger partial charge in [-0.2, -0.15) is 0 Å². The first-order valence-electron chi connectivity index (χ1n) is 11.7. The Hall–Kier alpha value is -3.39. The lowest BCUT2D eigenvalue weighted by atomic mass is 9.87. The highest BCUT2D eigenvalue weighted by atomic mass is 32.2. The van der Waals surface area contributed by atoms with Gasteiger partial charge in [0.25, 0.3) is 15.9 Å². The molecule has 0 bridgehead atoms. The normalized spacial score (nSPS) is 14.6. The van der Waals surface area contributed by atoms with Crippen LogP contribution < -0.4 is 9.62 Å². The topological polar surface area (TPSA) is 82.6 Å². The number of hydrogen-bond donors (Lipinski definition) is 1. The minimum absolute atomic E-state index is 0.113. The third-order valence-electron chi connectivity index (χ3n) is 6.25. The van der Waals surface area contributed by atoms with Crippen molar-refractivity contribution >= 4 is 27.4 Å². The fraction of sp³-hybridized carbons (Fsp3) is 0.333. The molecule has 2 heterocycles. The van der Waals surface area contributed by atoms with E-state index < -0.39 is 10.0 Å². The van der Waals surface area contributed by atoms with E-state index in [0.29, 0.717) is 43.0 Å². The summed E-state index contributed by atoms with van der Waals surface area (Å²) < 4.78 is 29.1. The largest absolute Gasteiger partial charge is 0.353 e. The summed E-state index contributed by atoms with van der Waals surface area (Å²) in [6.07, 6.45) is 1.76. The fourth-order valence-electron chi connectivity index (χ4n) is 4.14. The van der Waals surface area contributed by atoms with Gasteiger partial charge in [0.1, 0.15) is 5.82 Å². The first-order chi connectivity index (χ1) is 16.5. The average molecular weight is 493 g/mol. The molecule has 0 radical (unpaired) electrons. The van der Waals surface area contributed by atoms with Crippen LogP contribution in [0.25, 0.3) is 0 Å². The number of carbonyl (C=O) groups excluding carboxylic acids is 1. The first kappa shape index (κ1) is 24.7. The molecule has 184 valence electrons. The van der Waals surface area contributed by atoms with Crippen molar-refractivity contribution in [2.75, 3.05) is 35.8 Å². The molecule has 2 aromatic carbocycles. The van der Waals surface area contributed by atoms with Crippen LogP contribution in [0.5, 0.6) is 0 Å². The van der Waals surface area contributed by atoms with Gasteiger partial charge in [-0.15, -0.1) is 0 Å². The standard InChI is InChI=1S/C27H32N4O3S/c1-20-11-12-22(27(2,3)4)19-24(20)35(33,34)29-23-9-7-8-21(18-23)26(32)31-16-14-30(15-17-31)25-10-5-6-13-28-25/h5-13,18-19,29H,14-17H2,1-4H3. The molecule has 0 saturated carbocycles. The van der Waals surface area contributed by atoms with Crippen LogP contribution in [0.2, 0.25) is 0 Å². The molecule has 0 aliphatic carbocycles. The van der Waals surface area contributed by atoms with Crippen LogP contribution in [-0.4, -0.2) is 50.4 Å². The number of anilines is 2. The smallest absolute Gasteiger partial charge is 0.262 e. The molecule has 1 aromatic heterocycles. The van der Waals surface area contributed by atoms with Gasteiger partial charge < -0.3 is 9.80 Å². The summed E-state index contributed by atoms with van der Waals surface area (Å²) in [6.45, 7) is 10.5. The quantitative estimate of drug-likeness (QED) is 0.569. The number of benzene rings is 2. The second kappa shape index (κ2) is 9.70. The van der Waals surface area contributed by atoms with E-state index in [1.54, 1.807) is 48.4 Å². The lowest BCUT2D eigenvalue weighted by molar-refractivity contribution is 0.0746. The number of nitrogens with zero attached hydrogens (tertiary/aromatic N) is 3. The zero-order valence-corrected chi connectivity index (χ0v) is 21.5. The summed E-state index contributed by atoms with van der Waals surface area (Å²) in [4.78, 5) is 21.7. The van der Waals surface area contributed by atoms with Gasteiger partial charge in [0.2, 0.25) is 0 Å². The third-order valence-corrected chi connectivity index (χ3v) is 7.77. The van der Waals surface area contributed by atoms with Gasteiger partial charge >= 0.3 is 0 Å². The Morgan fingerprint density at radius 2 is 1.69 bits per heavy atom. The van der Waals surface area contributed by atoms with Crippen molar-refractivity contribution in [2.24, 2.45) is 0 Å². The predicted molar refractivity (Wildman–Crippen MR) is 139 cm³/mol. The summed E-state index contributed by atoms with van der Waals surface area (Å²) in [5.41, 5.74) is 2.26. The molecule has 1 aliphatic rings. The Bertz CT molecular complexity index is 1310. The number of aryl methyl sites for hydroxylation is 1. The first-order valence-corrected chi connectivity index (χ1v) is 13.2. The van der Waals surface area contributed by atoms with Gasteiger partial charge in [-0.3, -0.25) is 9.52 Å². The number of piperazine rings is 1. The second-order valence-corrected chi connectivity index (χ2v) is 11.5. The van der Waals surface area contributed by atoms with E-state index in [4.69, 9.17) is 0 Å². The van der Waals surface area contributed by atoms with E-state index in [0.717, 1.165) is 11.4 Å². The molecule has 0 atom stereocenters. The highest BCUT2D eigenvalue weighted by Crippen LogP contribution is 2.28. The van der Waals surface area contributed by atoms with Gasteiger partial charge in [-0.05, 0) is 59.9 Å². The minimum atomic E-state index is -3.82. The summed E-state index contributed by atoms with van der Waals surface area (Å²) in [7, 11) is -3.82. The van der Waals surface area contributed by atoms with Crippen molar-refractivity contribution < 1.29 is 13.2 Å². The Kier molecular flexibility index (Phi) is 6.85. The molecule has 7 nitrogen and oxygen atoms in total. The van der Waals surface area contributed by atoms with Crippen LogP contribution >= 0.6 is 0 Å². The third kappa shape index (κ3) is 5.65. The molecule has 1 amide bonds. The molecule has 0 spiro atoms. The number of amides is 1. The number of hydrogen-bond acceptors (Lipinski definition) is 5. The molecule has 1 aliphatic heterocycles. The fourth-order valence-corrected chi connectivity index (χ4v) is 5.47. The van der Waals surface area contributed by atoms with Gasteiger partial charge in [-0.1, -0.05) is 45.0 Å². The number of rotatable bonds is 5. The zero-order valence-electron chi connectivity index (χ0n) is 20.7. The number of carbonyl (C=O) groups is 1. The predicted octanol–water partition coefficient (Wildman–Crippen LogP) is 4.45. The molecule has 1 saturated heterocycles. The summed E-state index contributed by atoms with van der Waals surface area (Å²) in [5, 5.41) is 0. The van der Waals surface area contributed by atoms with Crippen molar-refractivity contribution in [2.45, 2.75) is 38.0 Å². The maximum atomic E-state index is 13.2. The van der Waals surface area contributed by atoms with Gasteiger partial charge in [0.15, 0.2) is 0 Å². The Labute approximate surface area is 207 Å². The molecule has 35 heavy (non-hydrogen) atoms. The minimum Gasteiger partial charge on any atom is -0.353 e. The number of nitrogens with one attached hydrogen (secondary N) is 1. The number of sulfonamides is 1. The van der Waals surface area contributed by atoms with E-state index in [2.05, 4.69) is 14.6 Å². The van der Waals surface area contributed by atoms with Gasteiger partial charge in [0.05, 0.1) is 4.90 Å². The number of aromatic nitrogens is 1. The highest BCUT2D eigenvalue weighted by molar-refractivity contribution is 7.92. The summed E-state index contributed by atoms with van der Waals surface area (Å²) >= 11 is 0. The van der Waals surface area contributed by atoms with Crippen molar-refractivity contribution in [3.8, 4) is 0 Å². The van der Waals surface area contributed by atoms with Crippen molar-refractivity contribution in [3.05, 3.63) is 83.6 Å². The Morgan fingerprint density at radius 3 is 2.34 bits per heavy atom. The van der Waals surface area contributed by atoms with Crippen LogP contribution in [-0.2, 0) is 15.4 Å². The van der Waals surface area contributed by atoms with Crippen LogP contribution in [0, 0.1) is 6.92 Å². The second-order valence-electron chi connectivity index (χ2n) is 9.88. The Morgan fingerprint density at radius 1 is 0.943 bits per heavy atom. The number of pyridine rings is 1. The van der Waals surface area contributed by atoms with Crippen molar-refractivity contribution in [3.63, 3.8) is 0 Å². The molecule has 4 rings (SSSR count). The Balaban J connectivity index is 1.48. The molecule has 1 fully saturated rings. The SMILES string of the molecule is Cc1ccc(C(C)(C)C)cc1S(=O)(=O)Nc1cccc(C(=O)N2CCN(c3ccccn3)CC2)c1. The molecule has 3 aromatic rings. The van der Waals surface area contributed by atoms with Gasteiger partial charge in [-0.25, -0.2) is 13.4 Å². The molecule has 1 N–H and O–H groups in total. The van der Waals surface area contributed by atoms with Crippen LogP contribution in [0.3, 0.4) is 0 Å². The van der Waals surface area contributed by atoms with Crippen LogP contribution in [0.15, 0.2) is 71.8 Å². The van der Waals surface area contributed by atoms with E-state index >= 15 is 0 Å². The lowest BCUT2D eigenvalue weighted by Crippen LogP contribution is -2.49. The molecular weight excluding hydrogens is 460 g/mol. The van der Waals surface area contributed by atoms with Crippen LogP contribution in [0.4, 0.5) is 11.5 Å². The van der Waals surface area contributed by atoms with Gasteiger partial charge in [0, 0.05) is 43.6 Å². The summed E-state index contributed by atoms with van der Waals surface area (Å²) in [5.74, 6) is 0.791. The highest BCUT2D eigenvalue weighted by Gasteiger charge is 2.24. The summed E-state index contributed by atoms with van der Waals surface area (Å²) in [6, 6.07) is 18.0. The maximum Gasteiger partial charge on any atom is 0.262 e. The van der Waals surface area contributed by atoms with Crippen molar-refractivity contribution in [1.29, 1.82) is 0 Å². The van der Waals surface area contributed by atoms with E-state index in [-0.39, 0.29) is 16.2 Å². The average Bonchev–Trinajstić information content (AvgIpc) is 2.83.